The molecule has 1 aliphatic heterocycles. The van der Waals surface area contributed by atoms with E-state index in [1.807, 2.05) is 19.9 Å². The minimum Gasteiger partial charge on any atom is -0.480 e. The van der Waals surface area contributed by atoms with Crippen LogP contribution in [0, 0.1) is 5.92 Å². The van der Waals surface area contributed by atoms with Crippen molar-refractivity contribution in [3.8, 4) is 0 Å². The number of allylic oxidation sites excluding steroid dienone is 1. The molecule has 0 aromatic carbocycles. The molecule has 4 atom stereocenters. The van der Waals surface area contributed by atoms with Crippen molar-refractivity contribution in [1.29, 1.82) is 0 Å². The highest BCUT2D eigenvalue weighted by Crippen LogP contribution is 2.33. The molecule has 1 heterocycles. The third-order valence-corrected chi connectivity index (χ3v) is 4.30. The van der Waals surface area contributed by atoms with Gasteiger partial charge in [0.05, 0.1) is 18.4 Å². The van der Waals surface area contributed by atoms with Crippen LogP contribution in [-0.4, -0.2) is 55.6 Å². The van der Waals surface area contributed by atoms with Gasteiger partial charge in [-0.1, -0.05) is 11.6 Å². The Morgan fingerprint density at radius 3 is 2.52 bits per heavy atom. The van der Waals surface area contributed by atoms with Crippen LogP contribution in [0.3, 0.4) is 0 Å². The Bertz CT molecular complexity index is 465. The Morgan fingerprint density at radius 1 is 1.43 bits per heavy atom. The van der Waals surface area contributed by atoms with Crippen molar-refractivity contribution in [2.45, 2.75) is 51.4 Å². The normalized spacial score (nSPS) is 27.5. The lowest BCUT2D eigenvalue weighted by Gasteiger charge is -2.32. The Hall–Kier alpha value is -1.44. The lowest BCUT2D eigenvalue weighted by Crippen LogP contribution is -2.48. The first-order chi connectivity index (χ1) is 10.8. The van der Waals surface area contributed by atoms with E-state index < -0.39 is 23.8 Å². The largest absolute Gasteiger partial charge is 0.480 e. The van der Waals surface area contributed by atoms with E-state index in [9.17, 15) is 14.7 Å². The average Bonchev–Trinajstić information content (AvgIpc) is 2.88. The van der Waals surface area contributed by atoms with Gasteiger partial charge in [0, 0.05) is 27.1 Å². The summed E-state index contributed by atoms with van der Waals surface area (Å²) in [5.41, 5.74) is 0.542. The monoisotopic (exact) mass is 328 g/mol. The predicted molar refractivity (Wildman–Crippen MR) is 85.9 cm³/mol. The summed E-state index contributed by atoms with van der Waals surface area (Å²) >= 11 is 0. The summed E-state index contributed by atoms with van der Waals surface area (Å²) in [6.45, 7) is 5.71. The van der Waals surface area contributed by atoms with Crippen LogP contribution in [0.25, 0.3) is 0 Å². The van der Waals surface area contributed by atoms with Gasteiger partial charge < -0.3 is 19.9 Å². The van der Waals surface area contributed by atoms with Crippen LogP contribution >= 0.6 is 0 Å². The van der Waals surface area contributed by atoms with Crippen molar-refractivity contribution in [1.82, 2.24) is 10.6 Å². The summed E-state index contributed by atoms with van der Waals surface area (Å²) in [7, 11) is 3.24. The van der Waals surface area contributed by atoms with Gasteiger partial charge in [0.15, 0.2) is 0 Å². The minimum absolute atomic E-state index is 0.101. The molecule has 0 aromatic rings. The second-order valence-electron chi connectivity index (χ2n) is 6.21. The van der Waals surface area contributed by atoms with Crippen molar-refractivity contribution < 1.29 is 24.2 Å². The number of hydrogen-bond donors (Lipinski definition) is 3. The molecule has 1 saturated heterocycles. The van der Waals surface area contributed by atoms with Crippen LogP contribution in [0.1, 0.15) is 33.6 Å². The van der Waals surface area contributed by atoms with Gasteiger partial charge in [-0.25, -0.2) is 0 Å². The van der Waals surface area contributed by atoms with Crippen LogP contribution in [-0.2, 0) is 19.1 Å². The maximum atomic E-state index is 11.4. The molecule has 0 unspecified atom stereocenters. The Labute approximate surface area is 137 Å². The summed E-state index contributed by atoms with van der Waals surface area (Å²) in [5.74, 6) is -1.21. The number of hydrogen-bond acceptors (Lipinski definition) is 5. The summed E-state index contributed by atoms with van der Waals surface area (Å²) in [6, 6.07) is -0.678. The van der Waals surface area contributed by atoms with Gasteiger partial charge in [0.25, 0.3) is 0 Å². The van der Waals surface area contributed by atoms with Crippen LogP contribution in [0.4, 0.5) is 0 Å². The number of amides is 1. The Morgan fingerprint density at radius 2 is 2.09 bits per heavy atom. The highest BCUT2D eigenvalue weighted by molar-refractivity contribution is 5.76. The molecule has 132 valence electrons. The highest BCUT2D eigenvalue weighted by atomic mass is 16.5. The maximum Gasteiger partial charge on any atom is 0.320 e. The molecule has 1 aliphatic rings. The number of nitrogens with one attached hydrogen (secondary N) is 2. The molecule has 1 fully saturated rings. The number of aliphatic carboxylic acids is 1. The SMILES string of the molecule is C/C=C(/C[C@@](C)(COC)OC)[C@@H]1C[C@H](C(=O)O)N[C@@H]1NC(C)=O. The van der Waals surface area contributed by atoms with E-state index in [0.29, 0.717) is 19.4 Å². The third-order valence-electron chi connectivity index (χ3n) is 4.30. The molecule has 0 aromatic heterocycles. The summed E-state index contributed by atoms with van der Waals surface area (Å²) in [4.78, 5) is 22.7. The lowest BCUT2D eigenvalue weighted by atomic mass is 9.85. The van der Waals surface area contributed by atoms with Gasteiger partial charge in [-0.2, -0.15) is 0 Å². The predicted octanol–water partition coefficient (Wildman–Crippen LogP) is 0.899. The number of carbonyl (C=O) groups is 2. The van der Waals surface area contributed by atoms with E-state index in [1.54, 1.807) is 14.2 Å². The molecule has 0 aliphatic carbocycles. The topological polar surface area (TPSA) is 96.9 Å². The summed E-state index contributed by atoms with van der Waals surface area (Å²) < 4.78 is 10.8. The first kappa shape index (κ1) is 19.6. The Kier molecular flexibility index (Phi) is 7.18. The zero-order valence-electron chi connectivity index (χ0n) is 14.5. The first-order valence-electron chi connectivity index (χ1n) is 7.71. The number of rotatable bonds is 8. The van der Waals surface area contributed by atoms with Crippen molar-refractivity contribution >= 4 is 11.9 Å². The number of carboxylic acid groups (broad SMARTS) is 1. The fourth-order valence-electron chi connectivity index (χ4n) is 3.06. The molecule has 0 radical (unpaired) electrons. The van der Waals surface area contributed by atoms with Gasteiger partial charge in [-0.15, -0.1) is 0 Å². The number of carbonyl (C=O) groups excluding carboxylic acids is 1. The van der Waals surface area contributed by atoms with Crippen molar-refractivity contribution in [3.63, 3.8) is 0 Å². The second kappa shape index (κ2) is 8.42. The van der Waals surface area contributed by atoms with Crippen LogP contribution in [0.15, 0.2) is 11.6 Å². The number of ether oxygens (including phenoxy) is 2. The van der Waals surface area contributed by atoms with E-state index >= 15 is 0 Å². The third kappa shape index (κ3) is 5.30. The molecule has 3 N–H and O–H groups in total. The van der Waals surface area contributed by atoms with Crippen molar-refractivity contribution in [3.05, 3.63) is 11.6 Å². The van der Waals surface area contributed by atoms with Crippen LogP contribution in [0.5, 0.6) is 0 Å². The van der Waals surface area contributed by atoms with E-state index in [0.717, 1.165) is 5.57 Å². The highest BCUT2D eigenvalue weighted by Gasteiger charge is 2.41. The number of methoxy groups -OCH3 is 2. The molecular formula is C16H28N2O5. The molecule has 23 heavy (non-hydrogen) atoms. The van der Waals surface area contributed by atoms with E-state index in [1.165, 1.54) is 6.92 Å². The summed E-state index contributed by atoms with van der Waals surface area (Å²) in [5, 5.41) is 15.0. The van der Waals surface area contributed by atoms with Gasteiger partial charge in [-0.3, -0.25) is 14.9 Å². The molecule has 0 spiro atoms. The molecule has 7 heteroatoms. The Balaban J connectivity index is 2.96. The quantitative estimate of drug-likeness (QED) is 0.573. The van der Waals surface area contributed by atoms with Crippen molar-refractivity contribution in [2.24, 2.45) is 5.92 Å². The standard InChI is InChI=1S/C16H28N2O5/c1-6-11(8-16(3,23-5)9-22-4)12-7-13(15(20)21)18-14(12)17-10(2)19/h6,12-14,18H,7-9H2,1-5H3,(H,17,19)(H,20,21)/b11-6-/t12-,13+,14-,16-/m0/s1. The molecule has 0 saturated carbocycles. The van der Waals surface area contributed by atoms with Gasteiger partial charge in [0.2, 0.25) is 5.91 Å². The van der Waals surface area contributed by atoms with Crippen LogP contribution in [0.2, 0.25) is 0 Å². The molecular weight excluding hydrogens is 300 g/mol. The van der Waals surface area contributed by atoms with Gasteiger partial charge in [0.1, 0.15) is 6.04 Å². The molecule has 7 nitrogen and oxygen atoms in total. The van der Waals surface area contributed by atoms with Crippen molar-refractivity contribution in [2.75, 3.05) is 20.8 Å². The number of carboxylic acids is 1. The zero-order valence-corrected chi connectivity index (χ0v) is 14.5. The maximum absolute atomic E-state index is 11.4. The zero-order chi connectivity index (χ0) is 17.6. The van der Waals surface area contributed by atoms with E-state index in [2.05, 4.69) is 10.6 Å². The molecule has 1 amide bonds. The van der Waals surface area contributed by atoms with Crippen LogP contribution < -0.4 is 10.6 Å². The second-order valence-corrected chi connectivity index (χ2v) is 6.21. The first-order valence-corrected chi connectivity index (χ1v) is 7.71. The van der Waals surface area contributed by atoms with Gasteiger partial charge in [-0.05, 0) is 26.7 Å². The smallest absolute Gasteiger partial charge is 0.320 e. The molecule has 0 bridgehead atoms. The van der Waals surface area contributed by atoms with E-state index in [4.69, 9.17) is 9.47 Å². The molecule has 1 rings (SSSR count). The average molecular weight is 328 g/mol. The minimum atomic E-state index is -0.912. The van der Waals surface area contributed by atoms with E-state index in [-0.39, 0.29) is 11.8 Å². The summed E-state index contributed by atoms with van der Waals surface area (Å²) in [6.07, 6.45) is 2.59. The lowest BCUT2D eigenvalue weighted by molar-refractivity contribution is -0.139. The fraction of sp³-hybridized carbons (Fsp3) is 0.750. The van der Waals surface area contributed by atoms with Gasteiger partial charge >= 0.3 is 5.97 Å². The fourth-order valence-corrected chi connectivity index (χ4v) is 3.06.